The number of carbonyl (C=O) groups excluding carboxylic acids is 1. The number of fused-ring (bicyclic) bond motifs is 1. The molecule has 1 amide bonds. The zero-order chi connectivity index (χ0) is 19.3. The Kier molecular flexibility index (Phi) is 6.43. The molecule has 8 nitrogen and oxygen atoms in total. The number of sulfonamides is 1. The first-order chi connectivity index (χ1) is 13.0. The van der Waals surface area contributed by atoms with Crippen LogP contribution >= 0.6 is 0 Å². The van der Waals surface area contributed by atoms with Crippen LogP contribution in [0.2, 0.25) is 0 Å². The van der Waals surface area contributed by atoms with Crippen LogP contribution in [0.1, 0.15) is 26.2 Å². The van der Waals surface area contributed by atoms with Crippen molar-refractivity contribution in [2.75, 3.05) is 49.6 Å². The molecule has 3 rings (SSSR count). The van der Waals surface area contributed by atoms with Crippen LogP contribution in [0.25, 0.3) is 0 Å². The summed E-state index contributed by atoms with van der Waals surface area (Å²) in [6.07, 6.45) is 3.34. The van der Waals surface area contributed by atoms with Gasteiger partial charge in [-0.25, -0.2) is 8.42 Å². The van der Waals surface area contributed by atoms with E-state index in [-0.39, 0.29) is 25.0 Å². The zero-order valence-corrected chi connectivity index (χ0v) is 16.5. The summed E-state index contributed by atoms with van der Waals surface area (Å²) in [5.74, 6) is 0.642. The highest BCUT2D eigenvalue weighted by Crippen LogP contribution is 2.36. The van der Waals surface area contributed by atoms with Gasteiger partial charge in [-0.1, -0.05) is 0 Å². The maximum absolute atomic E-state index is 12.5. The number of ether oxygens (including phenoxy) is 2. The second-order valence-corrected chi connectivity index (χ2v) is 8.88. The first kappa shape index (κ1) is 19.8. The minimum Gasteiger partial charge on any atom is -0.454 e. The fourth-order valence-corrected chi connectivity index (χ4v) is 4.33. The van der Waals surface area contributed by atoms with E-state index >= 15 is 0 Å². The SMILES string of the molecule is CCS(=O)(=O)N(CC(=O)NCCCN1CCCC1)c1ccc2c(c1)OCO2. The number of nitrogens with one attached hydrogen (secondary N) is 1. The second-order valence-electron chi connectivity index (χ2n) is 6.70. The third-order valence-corrected chi connectivity index (χ3v) is 6.54. The predicted molar refractivity (Wildman–Crippen MR) is 103 cm³/mol. The lowest BCUT2D eigenvalue weighted by molar-refractivity contribution is -0.119. The Morgan fingerprint density at radius 1 is 1.22 bits per heavy atom. The molecule has 27 heavy (non-hydrogen) atoms. The summed E-state index contributed by atoms with van der Waals surface area (Å²) in [5, 5.41) is 2.83. The molecule has 0 aromatic heterocycles. The summed E-state index contributed by atoms with van der Waals surface area (Å²) in [6, 6.07) is 4.88. The molecule has 150 valence electrons. The van der Waals surface area contributed by atoms with Gasteiger partial charge >= 0.3 is 0 Å². The molecule has 0 spiro atoms. The van der Waals surface area contributed by atoms with Crippen LogP contribution in [-0.4, -0.2) is 64.5 Å². The van der Waals surface area contributed by atoms with Gasteiger partial charge in [0, 0.05) is 12.6 Å². The van der Waals surface area contributed by atoms with Gasteiger partial charge in [0.1, 0.15) is 6.54 Å². The van der Waals surface area contributed by atoms with Crippen molar-refractivity contribution in [3.8, 4) is 11.5 Å². The highest BCUT2D eigenvalue weighted by Gasteiger charge is 2.25. The molecule has 1 saturated heterocycles. The van der Waals surface area contributed by atoms with Crippen LogP contribution in [0.3, 0.4) is 0 Å². The number of benzene rings is 1. The van der Waals surface area contributed by atoms with Crippen LogP contribution in [-0.2, 0) is 14.8 Å². The van der Waals surface area contributed by atoms with E-state index in [4.69, 9.17) is 9.47 Å². The summed E-state index contributed by atoms with van der Waals surface area (Å²) in [6.45, 7) is 5.16. The minimum atomic E-state index is -3.60. The standard InChI is InChI=1S/C18H27N3O5S/c1-2-27(23,24)21(15-6-7-16-17(12-15)26-14-25-16)13-18(22)19-8-5-11-20-9-3-4-10-20/h6-7,12H,2-5,8-11,13-14H2,1H3,(H,19,22). The first-order valence-corrected chi connectivity index (χ1v) is 11.0. The molecule has 0 aliphatic carbocycles. The summed E-state index contributed by atoms with van der Waals surface area (Å²) < 4.78 is 36.7. The fourth-order valence-electron chi connectivity index (χ4n) is 3.27. The first-order valence-electron chi connectivity index (χ1n) is 9.39. The highest BCUT2D eigenvalue weighted by atomic mass is 32.2. The molecular weight excluding hydrogens is 370 g/mol. The average Bonchev–Trinajstić information content (AvgIpc) is 3.34. The lowest BCUT2D eigenvalue weighted by Gasteiger charge is -2.23. The van der Waals surface area contributed by atoms with E-state index in [1.807, 2.05) is 0 Å². The minimum absolute atomic E-state index is 0.0936. The number of rotatable bonds is 9. The molecule has 1 N–H and O–H groups in total. The van der Waals surface area contributed by atoms with E-state index < -0.39 is 10.0 Å². The number of amides is 1. The Labute approximate surface area is 160 Å². The molecular formula is C18H27N3O5S. The van der Waals surface area contributed by atoms with Gasteiger partial charge in [-0.2, -0.15) is 0 Å². The largest absolute Gasteiger partial charge is 0.454 e. The van der Waals surface area contributed by atoms with Crippen molar-refractivity contribution in [3.63, 3.8) is 0 Å². The molecule has 9 heteroatoms. The van der Waals surface area contributed by atoms with E-state index in [0.717, 1.165) is 30.4 Å². The maximum atomic E-state index is 12.5. The zero-order valence-electron chi connectivity index (χ0n) is 15.6. The van der Waals surface area contributed by atoms with Gasteiger partial charge in [-0.3, -0.25) is 9.10 Å². The molecule has 0 atom stereocenters. The number of anilines is 1. The van der Waals surface area contributed by atoms with Gasteiger partial charge < -0.3 is 19.7 Å². The van der Waals surface area contributed by atoms with Gasteiger partial charge in [0.25, 0.3) is 0 Å². The van der Waals surface area contributed by atoms with E-state index in [1.54, 1.807) is 25.1 Å². The van der Waals surface area contributed by atoms with Crippen molar-refractivity contribution in [2.45, 2.75) is 26.2 Å². The van der Waals surface area contributed by atoms with Gasteiger partial charge in [-0.15, -0.1) is 0 Å². The molecule has 2 heterocycles. The Balaban J connectivity index is 1.59. The van der Waals surface area contributed by atoms with Gasteiger partial charge in [0.05, 0.1) is 11.4 Å². The van der Waals surface area contributed by atoms with Crippen molar-refractivity contribution in [3.05, 3.63) is 18.2 Å². The predicted octanol–water partition coefficient (Wildman–Crippen LogP) is 1.17. The number of hydrogen-bond acceptors (Lipinski definition) is 6. The number of likely N-dealkylation sites (tertiary alicyclic amines) is 1. The Bertz CT molecular complexity index is 762. The lowest BCUT2D eigenvalue weighted by Crippen LogP contribution is -2.42. The summed E-state index contributed by atoms with van der Waals surface area (Å²) in [7, 11) is -3.60. The van der Waals surface area contributed by atoms with E-state index in [9.17, 15) is 13.2 Å². The second kappa shape index (κ2) is 8.79. The molecule has 1 fully saturated rings. The van der Waals surface area contributed by atoms with E-state index in [0.29, 0.717) is 23.7 Å². The Hall–Kier alpha value is -2.00. The van der Waals surface area contributed by atoms with Gasteiger partial charge in [0.2, 0.25) is 22.7 Å². The monoisotopic (exact) mass is 397 g/mol. The van der Waals surface area contributed by atoms with Crippen molar-refractivity contribution in [1.82, 2.24) is 10.2 Å². The Morgan fingerprint density at radius 3 is 2.70 bits per heavy atom. The van der Waals surface area contributed by atoms with Gasteiger partial charge in [-0.05, 0) is 58.0 Å². The van der Waals surface area contributed by atoms with E-state index in [1.165, 1.54) is 12.8 Å². The molecule has 0 saturated carbocycles. The smallest absolute Gasteiger partial charge is 0.240 e. The highest BCUT2D eigenvalue weighted by molar-refractivity contribution is 7.92. The van der Waals surface area contributed by atoms with Crippen molar-refractivity contribution < 1.29 is 22.7 Å². The van der Waals surface area contributed by atoms with Crippen LogP contribution in [0, 0.1) is 0 Å². The maximum Gasteiger partial charge on any atom is 0.240 e. The van der Waals surface area contributed by atoms with Crippen molar-refractivity contribution in [1.29, 1.82) is 0 Å². The summed E-state index contributed by atoms with van der Waals surface area (Å²) >= 11 is 0. The van der Waals surface area contributed by atoms with Gasteiger partial charge in [0.15, 0.2) is 11.5 Å². The average molecular weight is 397 g/mol. The number of nitrogens with zero attached hydrogens (tertiary/aromatic N) is 2. The summed E-state index contributed by atoms with van der Waals surface area (Å²) in [5.41, 5.74) is 0.397. The Morgan fingerprint density at radius 2 is 1.96 bits per heavy atom. The third-order valence-electron chi connectivity index (χ3n) is 4.80. The van der Waals surface area contributed by atoms with Crippen LogP contribution in [0.5, 0.6) is 11.5 Å². The van der Waals surface area contributed by atoms with Crippen molar-refractivity contribution in [2.24, 2.45) is 0 Å². The summed E-state index contributed by atoms with van der Waals surface area (Å²) in [4.78, 5) is 14.7. The molecule has 0 bridgehead atoms. The number of hydrogen-bond donors (Lipinski definition) is 1. The van der Waals surface area contributed by atoms with E-state index in [2.05, 4.69) is 10.2 Å². The van der Waals surface area contributed by atoms with Crippen molar-refractivity contribution >= 4 is 21.6 Å². The molecule has 0 unspecified atom stereocenters. The fraction of sp³-hybridized carbons (Fsp3) is 0.611. The molecule has 2 aliphatic rings. The number of carbonyl (C=O) groups is 1. The molecule has 1 aromatic rings. The molecule has 1 aromatic carbocycles. The topological polar surface area (TPSA) is 88.2 Å². The molecule has 0 radical (unpaired) electrons. The third kappa shape index (κ3) is 5.04. The lowest BCUT2D eigenvalue weighted by atomic mass is 10.2. The van der Waals surface area contributed by atoms with Crippen LogP contribution < -0.4 is 19.1 Å². The normalized spacial score (nSPS) is 16.5. The molecule has 2 aliphatic heterocycles. The van der Waals surface area contributed by atoms with Crippen LogP contribution in [0.4, 0.5) is 5.69 Å². The van der Waals surface area contributed by atoms with Crippen LogP contribution in [0.15, 0.2) is 18.2 Å². The quantitative estimate of drug-likeness (QED) is 0.630.